The molecule has 0 saturated heterocycles. The molecule has 0 unspecified atom stereocenters. The maximum absolute atomic E-state index is 7.07. The Kier molecular flexibility index (Phi) is 9.15. The van der Waals surface area contributed by atoms with Crippen LogP contribution < -0.4 is 4.90 Å². The lowest BCUT2D eigenvalue weighted by Gasteiger charge is -2.32. The SMILES string of the molecule is Cc1cccc(C)c1N(c1ccc2c(c1)C(C)(C)c1cc(-c3ccc4c(c3)c3ccccc3n4-c3ccccc3)c3oc4ccccc4c3c1-2)c1ccc2c(c1)C(C)(C)c1c3c(c4oc5ccccc5c4c1-2)-c1ccccc1C3(C)C. The van der Waals surface area contributed by atoms with Gasteiger partial charge in [-0.2, -0.15) is 0 Å². The number of aryl methyl sites for hydroxylation is 2. The van der Waals surface area contributed by atoms with Gasteiger partial charge in [0.15, 0.2) is 0 Å². The maximum atomic E-state index is 7.07. The summed E-state index contributed by atoms with van der Waals surface area (Å²) in [5, 5.41) is 7.15. The van der Waals surface area contributed by atoms with Gasteiger partial charge in [-0.15, -0.1) is 0 Å². The minimum absolute atomic E-state index is 0.239. The Hall–Kier alpha value is -9.38. The molecule has 14 aromatic rings. The number of nitrogens with zero attached hydrogens (tertiary/aromatic N) is 2. The fourth-order valence-corrected chi connectivity index (χ4v) is 15.7. The summed E-state index contributed by atoms with van der Waals surface area (Å²) >= 11 is 0. The van der Waals surface area contributed by atoms with Crippen LogP contribution in [0, 0.1) is 13.8 Å². The molecule has 0 atom stereocenters. The second kappa shape index (κ2) is 15.9. The first kappa shape index (κ1) is 46.5. The normalized spacial score (nSPS) is 15.0. The average Bonchev–Trinajstić information content (AvgIpc) is 4.10. The molecule has 0 saturated carbocycles. The molecule has 0 bridgehead atoms. The Morgan fingerprint density at radius 3 is 1.63 bits per heavy atom. The minimum atomic E-state index is -0.368. The lowest BCUT2D eigenvalue weighted by atomic mass is 9.72. The van der Waals surface area contributed by atoms with Gasteiger partial charge < -0.3 is 18.3 Å². The van der Waals surface area contributed by atoms with E-state index in [1.807, 2.05) is 0 Å². The van der Waals surface area contributed by atoms with Crippen molar-refractivity contribution in [1.82, 2.24) is 4.57 Å². The van der Waals surface area contributed by atoms with Gasteiger partial charge in [0.1, 0.15) is 22.3 Å². The molecule has 388 valence electrons. The van der Waals surface area contributed by atoms with E-state index in [2.05, 4.69) is 271 Å². The van der Waals surface area contributed by atoms with Gasteiger partial charge in [-0.1, -0.05) is 175 Å². The van der Waals surface area contributed by atoms with E-state index in [1.54, 1.807) is 0 Å². The Morgan fingerprint density at radius 1 is 0.370 bits per heavy atom. The summed E-state index contributed by atoms with van der Waals surface area (Å²) in [6.45, 7) is 19.1. The Morgan fingerprint density at radius 2 is 0.914 bits per heavy atom. The predicted octanol–water partition coefficient (Wildman–Crippen LogP) is 21.3. The standard InChI is InChI=1S/C77H58N2O2/c1-43-21-20-22-44(2)72(43)78(48-35-37-52-59(41-48)77(7,8)70-66(52)68-54-28-15-19-32-64(54)81-74(68)69-50-26-12-16-29-57(50)76(5,6)71(69)70)47-34-36-51-58(40-47)75(3,4)60-42-55(73-67(65(51)60)53-27-14-18-31-63(53)80-73)45-33-38-62-56(39-45)49-25-13-17-30-61(49)79(62)46-23-10-9-11-24-46/h9-42H,1-8H3. The quantitative estimate of drug-likeness (QED) is 0.172. The summed E-state index contributed by atoms with van der Waals surface area (Å²) in [7, 11) is 0. The summed E-state index contributed by atoms with van der Waals surface area (Å²) in [5.41, 5.74) is 30.2. The highest BCUT2D eigenvalue weighted by atomic mass is 16.3. The smallest absolute Gasteiger partial charge is 0.144 e. The predicted molar refractivity (Wildman–Crippen MR) is 338 cm³/mol. The molecular formula is C77H58N2O2. The zero-order valence-corrected chi connectivity index (χ0v) is 46.8. The van der Waals surface area contributed by atoms with E-state index in [9.17, 15) is 0 Å². The van der Waals surface area contributed by atoms with Crippen LogP contribution in [0.4, 0.5) is 17.1 Å². The molecule has 3 heterocycles. The molecule has 3 aliphatic carbocycles. The monoisotopic (exact) mass is 1040 g/mol. The van der Waals surface area contributed by atoms with Crippen LogP contribution in [0.2, 0.25) is 0 Å². The second-order valence-corrected chi connectivity index (χ2v) is 24.8. The molecular weight excluding hydrogens is 985 g/mol. The molecule has 3 aliphatic rings. The third-order valence-corrected chi connectivity index (χ3v) is 19.3. The lowest BCUT2D eigenvalue weighted by molar-refractivity contribution is 0.600. The van der Waals surface area contributed by atoms with Crippen molar-refractivity contribution in [3.63, 3.8) is 0 Å². The van der Waals surface area contributed by atoms with Crippen LogP contribution >= 0.6 is 0 Å². The van der Waals surface area contributed by atoms with Gasteiger partial charge in [0.25, 0.3) is 0 Å². The van der Waals surface area contributed by atoms with Crippen LogP contribution in [0.3, 0.4) is 0 Å². The average molecular weight is 1040 g/mol. The molecule has 0 radical (unpaired) electrons. The molecule has 0 N–H and O–H groups in total. The van der Waals surface area contributed by atoms with Gasteiger partial charge in [-0.3, -0.25) is 0 Å². The highest BCUT2D eigenvalue weighted by Crippen LogP contribution is 2.64. The van der Waals surface area contributed by atoms with Crippen molar-refractivity contribution in [3.05, 3.63) is 251 Å². The summed E-state index contributed by atoms with van der Waals surface area (Å²) in [5.74, 6) is 0. The molecule has 0 spiro atoms. The van der Waals surface area contributed by atoms with Crippen LogP contribution in [-0.4, -0.2) is 4.57 Å². The van der Waals surface area contributed by atoms with Crippen molar-refractivity contribution < 1.29 is 8.83 Å². The number of hydrogen-bond acceptors (Lipinski definition) is 3. The number of para-hydroxylation sites is 5. The van der Waals surface area contributed by atoms with Gasteiger partial charge in [0.05, 0.1) is 16.7 Å². The van der Waals surface area contributed by atoms with E-state index in [1.165, 1.54) is 122 Å². The van der Waals surface area contributed by atoms with Gasteiger partial charge in [0.2, 0.25) is 0 Å². The molecule has 4 nitrogen and oxygen atoms in total. The van der Waals surface area contributed by atoms with Gasteiger partial charge in [-0.25, -0.2) is 0 Å². The van der Waals surface area contributed by atoms with Crippen molar-refractivity contribution in [2.75, 3.05) is 4.90 Å². The Balaban J connectivity index is 0.861. The van der Waals surface area contributed by atoms with E-state index in [0.717, 1.165) is 55.9 Å². The van der Waals surface area contributed by atoms with Crippen molar-refractivity contribution in [2.45, 2.75) is 71.6 Å². The summed E-state index contributed by atoms with van der Waals surface area (Å²) < 4.78 is 16.5. The summed E-state index contributed by atoms with van der Waals surface area (Å²) in [4.78, 5) is 2.55. The van der Waals surface area contributed by atoms with Crippen LogP contribution in [0.5, 0.6) is 0 Å². The first-order valence-corrected chi connectivity index (χ1v) is 28.7. The van der Waals surface area contributed by atoms with Crippen molar-refractivity contribution in [3.8, 4) is 50.2 Å². The van der Waals surface area contributed by atoms with Gasteiger partial charge in [0, 0.05) is 76.8 Å². The van der Waals surface area contributed by atoms with Gasteiger partial charge in [-0.05, 0) is 165 Å². The van der Waals surface area contributed by atoms with Crippen LogP contribution in [0.1, 0.15) is 86.1 Å². The van der Waals surface area contributed by atoms with Gasteiger partial charge >= 0.3 is 0 Å². The zero-order valence-electron chi connectivity index (χ0n) is 46.8. The number of benzene rings is 11. The van der Waals surface area contributed by atoms with E-state index < -0.39 is 0 Å². The summed E-state index contributed by atoms with van der Waals surface area (Å²) in [6.07, 6.45) is 0. The Labute approximate surface area is 471 Å². The number of furan rings is 2. The largest absolute Gasteiger partial charge is 0.455 e. The van der Waals surface area contributed by atoms with E-state index in [0.29, 0.717) is 0 Å². The number of fused-ring (bicyclic) bond motifs is 22. The van der Waals surface area contributed by atoms with Crippen molar-refractivity contribution in [1.29, 1.82) is 0 Å². The topological polar surface area (TPSA) is 34.5 Å². The maximum Gasteiger partial charge on any atom is 0.144 e. The molecule has 3 aromatic heterocycles. The highest BCUT2D eigenvalue weighted by molar-refractivity contribution is 6.22. The number of anilines is 3. The Bertz CT molecular complexity index is 5090. The molecule has 17 rings (SSSR count). The third kappa shape index (κ3) is 5.99. The van der Waals surface area contributed by atoms with Crippen molar-refractivity contribution in [2.24, 2.45) is 0 Å². The van der Waals surface area contributed by atoms with E-state index >= 15 is 0 Å². The molecule has 81 heavy (non-hydrogen) atoms. The molecule has 0 amide bonds. The number of aromatic nitrogens is 1. The molecule has 0 fully saturated rings. The van der Waals surface area contributed by atoms with Crippen molar-refractivity contribution >= 4 is 82.7 Å². The fraction of sp³-hybridized carbons (Fsp3) is 0.143. The van der Waals surface area contributed by atoms with Crippen LogP contribution in [-0.2, 0) is 16.2 Å². The lowest BCUT2D eigenvalue weighted by Crippen LogP contribution is -2.24. The molecule has 4 heteroatoms. The molecule has 0 aliphatic heterocycles. The zero-order chi connectivity index (χ0) is 54.6. The second-order valence-electron chi connectivity index (χ2n) is 24.8. The van der Waals surface area contributed by atoms with E-state index in [4.69, 9.17) is 8.83 Å². The number of rotatable bonds is 5. The van der Waals surface area contributed by atoms with E-state index in [-0.39, 0.29) is 16.2 Å². The van der Waals surface area contributed by atoms with Crippen LogP contribution in [0.15, 0.2) is 215 Å². The highest BCUT2D eigenvalue weighted by Gasteiger charge is 2.49. The number of hydrogen-bond donors (Lipinski definition) is 0. The summed E-state index contributed by atoms with van der Waals surface area (Å²) in [6, 6.07) is 76.5. The molecule has 11 aromatic carbocycles. The fourth-order valence-electron chi connectivity index (χ4n) is 15.7. The minimum Gasteiger partial charge on any atom is -0.455 e. The first-order chi connectivity index (χ1) is 39.3. The van der Waals surface area contributed by atoms with Crippen LogP contribution in [0.25, 0.3) is 116 Å². The third-order valence-electron chi connectivity index (χ3n) is 19.3. The first-order valence-electron chi connectivity index (χ1n) is 28.7.